The SMILES string of the molecule is CC(=O)c1c(C)[nH]c(=O)[nH]c1=S. The number of aromatic nitrogens is 2. The second-order valence-electron chi connectivity index (χ2n) is 2.46. The Balaban J connectivity index is 3.60. The second kappa shape index (κ2) is 3.02. The van der Waals surface area contributed by atoms with E-state index in [-0.39, 0.29) is 16.1 Å². The first-order valence-corrected chi connectivity index (χ1v) is 3.77. The maximum atomic E-state index is 11.0. The smallest absolute Gasteiger partial charge is 0.311 e. The summed E-state index contributed by atoms with van der Waals surface area (Å²) in [7, 11) is 0. The highest BCUT2D eigenvalue weighted by molar-refractivity contribution is 7.71. The summed E-state index contributed by atoms with van der Waals surface area (Å²) in [4.78, 5) is 26.6. The van der Waals surface area contributed by atoms with Crippen LogP contribution in [0.2, 0.25) is 0 Å². The van der Waals surface area contributed by atoms with Crippen LogP contribution in [-0.2, 0) is 0 Å². The minimum Gasteiger partial charge on any atom is -0.311 e. The predicted molar refractivity (Wildman–Crippen MR) is 47.0 cm³/mol. The quantitative estimate of drug-likeness (QED) is 0.504. The zero-order valence-electron chi connectivity index (χ0n) is 6.72. The highest BCUT2D eigenvalue weighted by Crippen LogP contribution is 2.03. The lowest BCUT2D eigenvalue weighted by Crippen LogP contribution is -2.15. The van der Waals surface area contributed by atoms with Gasteiger partial charge in [-0.2, -0.15) is 0 Å². The summed E-state index contributed by atoms with van der Waals surface area (Å²) in [5.41, 5.74) is 0.503. The molecule has 0 unspecified atom stereocenters. The molecule has 64 valence electrons. The standard InChI is InChI=1S/C7H8N2O2S/c1-3-5(4(2)10)6(12)9-7(11)8-3/h1-2H3,(H2,8,9,11,12). The molecule has 2 N–H and O–H groups in total. The van der Waals surface area contributed by atoms with E-state index in [0.717, 1.165) is 0 Å². The van der Waals surface area contributed by atoms with Crippen molar-refractivity contribution in [2.45, 2.75) is 13.8 Å². The topological polar surface area (TPSA) is 65.7 Å². The molecule has 12 heavy (non-hydrogen) atoms. The number of ketones is 1. The van der Waals surface area contributed by atoms with E-state index in [0.29, 0.717) is 11.3 Å². The van der Waals surface area contributed by atoms with Crippen LogP contribution in [-0.4, -0.2) is 15.8 Å². The van der Waals surface area contributed by atoms with Gasteiger partial charge in [0.15, 0.2) is 5.78 Å². The van der Waals surface area contributed by atoms with E-state index < -0.39 is 0 Å². The van der Waals surface area contributed by atoms with Crippen molar-refractivity contribution in [2.75, 3.05) is 0 Å². The molecule has 0 bridgehead atoms. The Morgan fingerprint density at radius 3 is 2.42 bits per heavy atom. The molecule has 0 fully saturated rings. The normalized spacial score (nSPS) is 9.83. The Kier molecular flexibility index (Phi) is 2.23. The molecule has 1 aromatic heterocycles. The van der Waals surface area contributed by atoms with Gasteiger partial charge in [0.05, 0.1) is 5.56 Å². The maximum Gasteiger partial charge on any atom is 0.324 e. The summed E-state index contributed by atoms with van der Waals surface area (Å²) >= 11 is 4.81. The van der Waals surface area contributed by atoms with Crippen LogP contribution in [0.25, 0.3) is 0 Å². The summed E-state index contributed by atoms with van der Waals surface area (Å²) in [6.07, 6.45) is 0. The van der Waals surface area contributed by atoms with Crippen molar-refractivity contribution in [3.05, 3.63) is 26.4 Å². The summed E-state index contributed by atoms with van der Waals surface area (Å²) < 4.78 is 0.198. The first kappa shape index (κ1) is 8.86. The van der Waals surface area contributed by atoms with Gasteiger partial charge in [0.1, 0.15) is 4.64 Å². The molecule has 1 heterocycles. The molecule has 0 radical (unpaired) electrons. The molecule has 0 spiro atoms. The van der Waals surface area contributed by atoms with Gasteiger partial charge in [0.2, 0.25) is 0 Å². The van der Waals surface area contributed by atoms with Crippen molar-refractivity contribution in [1.29, 1.82) is 0 Å². The van der Waals surface area contributed by atoms with Crippen LogP contribution < -0.4 is 5.69 Å². The van der Waals surface area contributed by atoms with E-state index >= 15 is 0 Å². The van der Waals surface area contributed by atoms with Crippen molar-refractivity contribution < 1.29 is 4.79 Å². The van der Waals surface area contributed by atoms with Crippen LogP contribution in [0, 0.1) is 11.6 Å². The van der Waals surface area contributed by atoms with Gasteiger partial charge in [-0.25, -0.2) is 4.79 Å². The molecular formula is C7H8N2O2S. The molecular weight excluding hydrogens is 176 g/mol. The number of hydrogen-bond acceptors (Lipinski definition) is 3. The lowest BCUT2D eigenvalue weighted by atomic mass is 10.2. The first-order valence-electron chi connectivity index (χ1n) is 3.36. The highest BCUT2D eigenvalue weighted by atomic mass is 32.1. The molecule has 0 aliphatic heterocycles. The van der Waals surface area contributed by atoms with E-state index in [1.54, 1.807) is 6.92 Å². The molecule has 0 aliphatic rings. The van der Waals surface area contributed by atoms with Crippen molar-refractivity contribution in [3.8, 4) is 0 Å². The molecule has 0 saturated heterocycles. The van der Waals surface area contributed by atoms with E-state index in [9.17, 15) is 9.59 Å². The third-order valence-electron chi connectivity index (χ3n) is 1.48. The molecule has 1 rings (SSSR count). The largest absolute Gasteiger partial charge is 0.324 e. The third-order valence-corrected chi connectivity index (χ3v) is 1.79. The minimum absolute atomic E-state index is 0.148. The maximum absolute atomic E-state index is 11.0. The minimum atomic E-state index is -0.387. The van der Waals surface area contributed by atoms with E-state index in [1.807, 2.05) is 0 Å². The zero-order valence-corrected chi connectivity index (χ0v) is 7.54. The van der Waals surface area contributed by atoms with Gasteiger partial charge in [-0.1, -0.05) is 12.2 Å². The van der Waals surface area contributed by atoms with Crippen molar-refractivity contribution in [1.82, 2.24) is 9.97 Å². The van der Waals surface area contributed by atoms with Crippen LogP contribution in [0.3, 0.4) is 0 Å². The van der Waals surface area contributed by atoms with Crippen LogP contribution >= 0.6 is 12.2 Å². The van der Waals surface area contributed by atoms with E-state index in [4.69, 9.17) is 12.2 Å². The first-order chi connectivity index (χ1) is 5.52. The van der Waals surface area contributed by atoms with Gasteiger partial charge < -0.3 is 4.98 Å². The zero-order chi connectivity index (χ0) is 9.30. The fourth-order valence-corrected chi connectivity index (χ4v) is 1.41. The fourth-order valence-electron chi connectivity index (χ4n) is 1.02. The van der Waals surface area contributed by atoms with Gasteiger partial charge in [-0.3, -0.25) is 9.78 Å². The van der Waals surface area contributed by atoms with E-state index in [2.05, 4.69) is 9.97 Å². The van der Waals surface area contributed by atoms with E-state index in [1.165, 1.54) is 6.92 Å². The number of carbonyl (C=O) groups is 1. The Morgan fingerprint density at radius 1 is 1.42 bits per heavy atom. The Bertz CT molecular complexity index is 430. The molecule has 0 saturated carbocycles. The average molecular weight is 184 g/mol. The molecule has 0 aliphatic carbocycles. The van der Waals surface area contributed by atoms with Crippen LogP contribution in [0.1, 0.15) is 23.0 Å². The lowest BCUT2D eigenvalue weighted by molar-refractivity contribution is 0.101. The number of hydrogen-bond donors (Lipinski definition) is 2. The number of aromatic amines is 2. The molecule has 5 heteroatoms. The van der Waals surface area contributed by atoms with Gasteiger partial charge in [-0.05, 0) is 13.8 Å². The summed E-state index contributed by atoms with van der Waals surface area (Å²) in [5, 5.41) is 0. The third kappa shape index (κ3) is 1.50. The van der Waals surface area contributed by atoms with Gasteiger partial charge in [0.25, 0.3) is 0 Å². The number of H-pyrrole nitrogens is 2. The molecule has 1 aromatic rings. The molecule has 0 aromatic carbocycles. The Hall–Kier alpha value is -1.23. The van der Waals surface area contributed by atoms with Crippen molar-refractivity contribution in [2.24, 2.45) is 0 Å². The van der Waals surface area contributed by atoms with Crippen LogP contribution in [0.4, 0.5) is 0 Å². The summed E-state index contributed by atoms with van der Waals surface area (Å²) in [6.45, 7) is 3.05. The highest BCUT2D eigenvalue weighted by Gasteiger charge is 2.06. The van der Waals surface area contributed by atoms with Crippen molar-refractivity contribution >= 4 is 18.0 Å². The molecule has 4 nitrogen and oxygen atoms in total. The monoisotopic (exact) mass is 184 g/mol. The predicted octanol–water partition coefficient (Wildman–Crippen LogP) is 0.944. The Labute approximate surface area is 73.6 Å². The number of nitrogens with one attached hydrogen (secondary N) is 2. The molecule has 0 amide bonds. The number of Topliss-reactive ketones (excluding diaryl/α,β-unsaturated/α-hetero) is 1. The van der Waals surface area contributed by atoms with Crippen molar-refractivity contribution in [3.63, 3.8) is 0 Å². The number of rotatable bonds is 1. The average Bonchev–Trinajstić information content (AvgIpc) is 1.82. The van der Waals surface area contributed by atoms with Gasteiger partial charge in [-0.15, -0.1) is 0 Å². The Morgan fingerprint density at radius 2 is 2.00 bits per heavy atom. The lowest BCUT2D eigenvalue weighted by Gasteiger charge is -1.99. The number of carbonyl (C=O) groups excluding carboxylic acids is 1. The molecule has 0 atom stereocenters. The summed E-state index contributed by atoms with van der Waals surface area (Å²) in [6, 6.07) is 0. The number of aryl methyl sites for hydroxylation is 1. The fraction of sp³-hybridized carbons (Fsp3) is 0.286. The van der Waals surface area contributed by atoms with Crippen LogP contribution in [0.15, 0.2) is 4.79 Å². The van der Waals surface area contributed by atoms with Crippen LogP contribution in [0.5, 0.6) is 0 Å². The second-order valence-corrected chi connectivity index (χ2v) is 2.87. The summed E-state index contributed by atoms with van der Waals surface area (Å²) in [5.74, 6) is -0.148. The van der Waals surface area contributed by atoms with Gasteiger partial charge >= 0.3 is 5.69 Å². The van der Waals surface area contributed by atoms with Gasteiger partial charge in [0, 0.05) is 5.69 Å².